The first-order chi connectivity index (χ1) is 9.20. The van der Waals surface area contributed by atoms with Gasteiger partial charge in [-0.1, -0.05) is 6.07 Å². The first-order valence-electron chi connectivity index (χ1n) is 6.95. The van der Waals surface area contributed by atoms with Gasteiger partial charge in [0.2, 0.25) is 0 Å². The lowest BCUT2D eigenvalue weighted by Gasteiger charge is -2.22. The molecule has 4 heteroatoms. The first-order valence-corrected chi connectivity index (χ1v) is 6.95. The molecule has 1 aromatic carbocycles. The van der Waals surface area contributed by atoms with Crippen molar-refractivity contribution < 1.29 is 14.2 Å². The lowest BCUT2D eigenvalue weighted by molar-refractivity contribution is 0.0743. The van der Waals surface area contributed by atoms with E-state index in [0.29, 0.717) is 13.2 Å². The van der Waals surface area contributed by atoms with Gasteiger partial charge in [0.1, 0.15) is 13.2 Å². The van der Waals surface area contributed by atoms with Crippen molar-refractivity contribution in [2.75, 3.05) is 26.4 Å². The zero-order chi connectivity index (χ0) is 13.7. The SMILES string of the molecule is CCOC(C)CNC(C)c1ccc2c(c1)OCCO2. The number of nitrogens with one attached hydrogen (secondary N) is 1. The summed E-state index contributed by atoms with van der Waals surface area (Å²) in [6.07, 6.45) is 0.227. The molecule has 2 atom stereocenters. The Morgan fingerprint density at radius 2 is 1.95 bits per heavy atom. The van der Waals surface area contributed by atoms with E-state index in [9.17, 15) is 0 Å². The van der Waals surface area contributed by atoms with E-state index in [1.807, 2.05) is 13.0 Å². The number of fused-ring (bicyclic) bond motifs is 1. The molecule has 1 N–H and O–H groups in total. The monoisotopic (exact) mass is 265 g/mol. The first kappa shape index (κ1) is 14.2. The predicted molar refractivity (Wildman–Crippen MR) is 74.9 cm³/mol. The van der Waals surface area contributed by atoms with Crippen LogP contribution < -0.4 is 14.8 Å². The molecule has 0 aromatic heterocycles. The van der Waals surface area contributed by atoms with Crippen molar-refractivity contribution in [1.82, 2.24) is 5.32 Å². The number of ether oxygens (including phenoxy) is 3. The maximum absolute atomic E-state index is 5.60. The largest absolute Gasteiger partial charge is 0.486 e. The van der Waals surface area contributed by atoms with Crippen LogP contribution in [0.15, 0.2) is 18.2 Å². The Morgan fingerprint density at radius 1 is 1.21 bits per heavy atom. The zero-order valence-electron chi connectivity index (χ0n) is 11.9. The van der Waals surface area contributed by atoms with Crippen LogP contribution in [0.4, 0.5) is 0 Å². The van der Waals surface area contributed by atoms with E-state index >= 15 is 0 Å². The van der Waals surface area contributed by atoms with E-state index in [1.165, 1.54) is 5.56 Å². The van der Waals surface area contributed by atoms with Gasteiger partial charge in [-0.3, -0.25) is 0 Å². The summed E-state index contributed by atoms with van der Waals surface area (Å²) in [5.74, 6) is 1.68. The van der Waals surface area contributed by atoms with Crippen molar-refractivity contribution in [3.63, 3.8) is 0 Å². The Labute approximate surface area is 115 Å². The van der Waals surface area contributed by atoms with Gasteiger partial charge in [0.05, 0.1) is 6.10 Å². The lowest BCUT2D eigenvalue weighted by Crippen LogP contribution is -2.29. The van der Waals surface area contributed by atoms with Crippen LogP contribution in [0.25, 0.3) is 0 Å². The van der Waals surface area contributed by atoms with Crippen molar-refractivity contribution in [3.8, 4) is 11.5 Å². The third-order valence-corrected chi connectivity index (χ3v) is 3.23. The highest BCUT2D eigenvalue weighted by Gasteiger charge is 2.14. The second-order valence-corrected chi connectivity index (χ2v) is 4.80. The van der Waals surface area contributed by atoms with Gasteiger partial charge in [-0.25, -0.2) is 0 Å². The van der Waals surface area contributed by atoms with Crippen LogP contribution in [-0.2, 0) is 4.74 Å². The molecule has 0 bridgehead atoms. The molecule has 1 heterocycles. The summed E-state index contributed by atoms with van der Waals surface area (Å²) in [5, 5.41) is 3.47. The molecule has 19 heavy (non-hydrogen) atoms. The van der Waals surface area contributed by atoms with E-state index in [1.54, 1.807) is 0 Å². The lowest BCUT2D eigenvalue weighted by atomic mass is 10.1. The van der Waals surface area contributed by atoms with Gasteiger partial charge in [-0.05, 0) is 38.5 Å². The van der Waals surface area contributed by atoms with Crippen molar-refractivity contribution >= 4 is 0 Å². The van der Waals surface area contributed by atoms with Crippen molar-refractivity contribution in [2.45, 2.75) is 32.9 Å². The van der Waals surface area contributed by atoms with Crippen LogP contribution in [0.3, 0.4) is 0 Å². The maximum atomic E-state index is 5.60. The highest BCUT2D eigenvalue weighted by atomic mass is 16.6. The molecule has 0 saturated carbocycles. The molecule has 0 saturated heterocycles. The molecule has 0 amide bonds. The average Bonchev–Trinajstić information content (AvgIpc) is 2.44. The second-order valence-electron chi connectivity index (χ2n) is 4.80. The molecular formula is C15H23NO3. The van der Waals surface area contributed by atoms with Crippen molar-refractivity contribution in [1.29, 1.82) is 0 Å². The Kier molecular flexibility index (Phi) is 5.05. The number of benzene rings is 1. The summed E-state index contributed by atoms with van der Waals surface area (Å²) in [6.45, 7) is 9.08. The van der Waals surface area contributed by atoms with Crippen LogP contribution in [0, 0.1) is 0 Å². The van der Waals surface area contributed by atoms with Gasteiger partial charge < -0.3 is 19.5 Å². The standard InChI is InChI=1S/C15H23NO3/c1-4-17-11(2)10-16-12(3)13-5-6-14-15(9-13)19-8-7-18-14/h5-6,9,11-12,16H,4,7-8,10H2,1-3H3. The quantitative estimate of drug-likeness (QED) is 0.858. The smallest absolute Gasteiger partial charge is 0.161 e. The van der Waals surface area contributed by atoms with Gasteiger partial charge in [0.25, 0.3) is 0 Å². The Hall–Kier alpha value is -1.26. The van der Waals surface area contributed by atoms with Gasteiger partial charge in [0.15, 0.2) is 11.5 Å². The third-order valence-electron chi connectivity index (χ3n) is 3.23. The van der Waals surface area contributed by atoms with E-state index < -0.39 is 0 Å². The zero-order valence-corrected chi connectivity index (χ0v) is 11.9. The normalized spacial score (nSPS) is 17.0. The van der Waals surface area contributed by atoms with Crippen molar-refractivity contribution in [2.24, 2.45) is 0 Å². The van der Waals surface area contributed by atoms with E-state index in [0.717, 1.165) is 24.7 Å². The fourth-order valence-corrected chi connectivity index (χ4v) is 2.13. The number of rotatable bonds is 6. The van der Waals surface area contributed by atoms with Gasteiger partial charge in [-0.15, -0.1) is 0 Å². The van der Waals surface area contributed by atoms with E-state index in [4.69, 9.17) is 14.2 Å². The molecular weight excluding hydrogens is 242 g/mol. The summed E-state index contributed by atoms with van der Waals surface area (Å²) in [7, 11) is 0. The molecule has 106 valence electrons. The molecule has 2 rings (SSSR count). The topological polar surface area (TPSA) is 39.7 Å². The summed E-state index contributed by atoms with van der Waals surface area (Å²) < 4.78 is 16.6. The van der Waals surface area contributed by atoms with Crippen LogP contribution in [-0.4, -0.2) is 32.5 Å². The van der Waals surface area contributed by atoms with Crippen LogP contribution in [0.5, 0.6) is 11.5 Å². The second kappa shape index (κ2) is 6.78. The number of hydrogen-bond donors (Lipinski definition) is 1. The van der Waals surface area contributed by atoms with Gasteiger partial charge >= 0.3 is 0 Å². The molecule has 0 aliphatic carbocycles. The fraction of sp³-hybridized carbons (Fsp3) is 0.600. The molecule has 0 radical (unpaired) electrons. The Bertz CT molecular complexity index is 408. The van der Waals surface area contributed by atoms with Crippen molar-refractivity contribution in [3.05, 3.63) is 23.8 Å². The fourth-order valence-electron chi connectivity index (χ4n) is 2.13. The highest BCUT2D eigenvalue weighted by molar-refractivity contribution is 5.44. The van der Waals surface area contributed by atoms with Crippen LogP contribution in [0.2, 0.25) is 0 Å². The molecule has 1 aliphatic heterocycles. The van der Waals surface area contributed by atoms with Crippen LogP contribution in [0.1, 0.15) is 32.4 Å². The molecule has 0 fully saturated rings. The molecule has 1 aromatic rings. The summed E-state index contributed by atoms with van der Waals surface area (Å²) >= 11 is 0. The minimum absolute atomic E-state index is 0.227. The Morgan fingerprint density at radius 3 is 2.68 bits per heavy atom. The minimum atomic E-state index is 0.227. The molecule has 4 nitrogen and oxygen atoms in total. The highest BCUT2D eigenvalue weighted by Crippen LogP contribution is 2.32. The van der Waals surface area contributed by atoms with Gasteiger partial charge in [0, 0.05) is 19.2 Å². The average molecular weight is 265 g/mol. The molecule has 1 aliphatic rings. The minimum Gasteiger partial charge on any atom is -0.486 e. The van der Waals surface area contributed by atoms with Crippen LogP contribution >= 0.6 is 0 Å². The molecule has 2 unspecified atom stereocenters. The Balaban J connectivity index is 1.93. The van der Waals surface area contributed by atoms with E-state index in [-0.39, 0.29) is 12.1 Å². The third kappa shape index (κ3) is 3.85. The number of hydrogen-bond acceptors (Lipinski definition) is 4. The van der Waals surface area contributed by atoms with Gasteiger partial charge in [-0.2, -0.15) is 0 Å². The summed E-state index contributed by atoms with van der Waals surface area (Å²) in [6, 6.07) is 6.38. The van der Waals surface area contributed by atoms with E-state index in [2.05, 4.69) is 31.3 Å². The predicted octanol–water partition coefficient (Wildman–Crippen LogP) is 2.53. The maximum Gasteiger partial charge on any atom is 0.161 e. The molecule has 0 spiro atoms. The summed E-state index contributed by atoms with van der Waals surface area (Å²) in [5.41, 5.74) is 1.20. The summed E-state index contributed by atoms with van der Waals surface area (Å²) in [4.78, 5) is 0.